The van der Waals surface area contributed by atoms with Crippen LogP contribution < -0.4 is 15.4 Å². The molecular formula is C24H28N4O5. The number of methoxy groups -OCH3 is 1. The van der Waals surface area contributed by atoms with Gasteiger partial charge in [-0.15, -0.1) is 0 Å². The van der Waals surface area contributed by atoms with Crippen molar-refractivity contribution in [3.8, 4) is 5.75 Å². The second-order valence-electron chi connectivity index (χ2n) is 7.97. The first-order valence-corrected chi connectivity index (χ1v) is 10.6. The Morgan fingerprint density at radius 2 is 1.79 bits per heavy atom. The van der Waals surface area contributed by atoms with Crippen molar-refractivity contribution in [3.05, 3.63) is 59.7 Å². The van der Waals surface area contributed by atoms with Gasteiger partial charge >= 0.3 is 6.03 Å². The van der Waals surface area contributed by atoms with Crippen LogP contribution in [0.5, 0.6) is 5.75 Å². The molecule has 1 atom stereocenters. The van der Waals surface area contributed by atoms with E-state index in [1.165, 1.54) is 12.0 Å². The summed E-state index contributed by atoms with van der Waals surface area (Å²) in [5, 5.41) is 5.40. The van der Waals surface area contributed by atoms with E-state index in [4.69, 9.17) is 4.74 Å². The summed E-state index contributed by atoms with van der Waals surface area (Å²) < 4.78 is 5.22. The van der Waals surface area contributed by atoms with E-state index >= 15 is 0 Å². The lowest BCUT2D eigenvalue weighted by Gasteiger charge is -2.24. The van der Waals surface area contributed by atoms with Crippen molar-refractivity contribution in [1.29, 1.82) is 0 Å². The van der Waals surface area contributed by atoms with Crippen LogP contribution >= 0.6 is 0 Å². The van der Waals surface area contributed by atoms with Gasteiger partial charge in [0.25, 0.3) is 5.91 Å². The Labute approximate surface area is 192 Å². The summed E-state index contributed by atoms with van der Waals surface area (Å²) in [6.45, 7) is 4.80. The number of para-hydroxylation sites is 2. The Bertz CT molecular complexity index is 1070. The maximum atomic E-state index is 13.1. The number of imide groups is 1. The van der Waals surface area contributed by atoms with Crippen LogP contribution in [0, 0.1) is 6.92 Å². The Balaban J connectivity index is 1.67. The fourth-order valence-corrected chi connectivity index (χ4v) is 3.65. The number of benzene rings is 2. The number of nitrogens with one attached hydrogen (secondary N) is 2. The van der Waals surface area contributed by atoms with Crippen LogP contribution in [-0.4, -0.2) is 60.3 Å². The molecule has 1 saturated heterocycles. The van der Waals surface area contributed by atoms with Gasteiger partial charge in [0, 0.05) is 6.54 Å². The molecule has 9 nitrogen and oxygen atoms in total. The predicted molar refractivity (Wildman–Crippen MR) is 123 cm³/mol. The van der Waals surface area contributed by atoms with Gasteiger partial charge in [-0.1, -0.05) is 42.0 Å². The predicted octanol–water partition coefficient (Wildman–Crippen LogP) is 2.26. The smallest absolute Gasteiger partial charge is 0.325 e. The minimum absolute atomic E-state index is 0.230. The van der Waals surface area contributed by atoms with Crippen LogP contribution in [0.2, 0.25) is 0 Å². The average Bonchev–Trinajstić information content (AvgIpc) is 3.01. The fourth-order valence-electron chi connectivity index (χ4n) is 3.65. The van der Waals surface area contributed by atoms with Crippen molar-refractivity contribution in [2.75, 3.05) is 32.1 Å². The molecule has 0 bridgehead atoms. The number of nitrogens with zero attached hydrogens (tertiary/aromatic N) is 2. The number of ether oxygens (including phenoxy) is 1. The normalized spacial score (nSPS) is 17.5. The summed E-state index contributed by atoms with van der Waals surface area (Å²) in [4.78, 5) is 53.2. The third kappa shape index (κ3) is 4.97. The summed E-state index contributed by atoms with van der Waals surface area (Å²) in [6, 6.07) is 13.5. The average molecular weight is 453 g/mol. The molecule has 33 heavy (non-hydrogen) atoms. The molecule has 2 N–H and O–H groups in total. The molecule has 0 aromatic heterocycles. The molecular weight excluding hydrogens is 424 g/mol. The van der Waals surface area contributed by atoms with Gasteiger partial charge in [-0.2, -0.15) is 0 Å². The highest BCUT2D eigenvalue weighted by Gasteiger charge is 2.49. The lowest BCUT2D eigenvalue weighted by Crippen LogP contribution is -2.46. The van der Waals surface area contributed by atoms with Crippen LogP contribution in [0.4, 0.5) is 10.5 Å². The molecule has 0 spiro atoms. The molecule has 1 fully saturated rings. The second kappa shape index (κ2) is 9.72. The van der Waals surface area contributed by atoms with Gasteiger partial charge in [-0.05, 0) is 38.5 Å². The van der Waals surface area contributed by atoms with Crippen LogP contribution in [0.15, 0.2) is 48.5 Å². The molecule has 1 aliphatic rings. The lowest BCUT2D eigenvalue weighted by atomic mass is 9.91. The largest absolute Gasteiger partial charge is 0.495 e. The number of amides is 5. The molecule has 9 heteroatoms. The quantitative estimate of drug-likeness (QED) is 0.598. The number of hydrogen-bond donors (Lipinski definition) is 2. The molecule has 5 amide bonds. The third-order valence-corrected chi connectivity index (χ3v) is 5.65. The minimum Gasteiger partial charge on any atom is -0.495 e. The number of carbonyl (C=O) groups excluding carboxylic acids is 4. The molecule has 0 unspecified atom stereocenters. The highest BCUT2D eigenvalue weighted by Crippen LogP contribution is 2.29. The Kier molecular flexibility index (Phi) is 7.01. The van der Waals surface area contributed by atoms with Crippen molar-refractivity contribution in [2.24, 2.45) is 0 Å². The van der Waals surface area contributed by atoms with E-state index in [0.29, 0.717) is 17.0 Å². The van der Waals surface area contributed by atoms with Crippen LogP contribution in [0.25, 0.3) is 0 Å². The molecule has 174 valence electrons. The van der Waals surface area contributed by atoms with E-state index in [0.717, 1.165) is 10.5 Å². The first kappa shape index (κ1) is 23.8. The zero-order valence-corrected chi connectivity index (χ0v) is 19.2. The zero-order chi connectivity index (χ0) is 24.2. The second-order valence-corrected chi connectivity index (χ2v) is 7.97. The Morgan fingerprint density at radius 1 is 1.12 bits per heavy atom. The van der Waals surface area contributed by atoms with Crippen molar-refractivity contribution < 1.29 is 23.9 Å². The van der Waals surface area contributed by atoms with E-state index in [1.54, 1.807) is 50.2 Å². The Morgan fingerprint density at radius 3 is 2.42 bits per heavy atom. The van der Waals surface area contributed by atoms with Gasteiger partial charge in [-0.25, -0.2) is 4.79 Å². The number of urea groups is 1. The highest BCUT2D eigenvalue weighted by molar-refractivity contribution is 6.09. The van der Waals surface area contributed by atoms with Gasteiger partial charge in [0.15, 0.2) is 0 Å². The summed E-state index contributed by atoms with van der Waals surface area (Å²) in [5.41, 5.74) is 0.876. The molecule has 2 aromatic rings. The van der Waals surface area contributed by atoms with E-state index < -0.39 is 35.8 Å². The molecule has 1 heterocycles. The van der Waals surface area contributed by atoms with Gasteiger partial charge < -0.3 is 20.3 Å². The summed E-state index contributed by atoms with van der Waals surface area (Å²) in [7, 11) is 1.50. The van der Waals surface area contributed by atoms with Gasteiger partial charge in [0.2, 0.25) is 11.8 Å². The third-order valence-electron chi connectivity index (χ3n) is 5.65. The standard InChI is InChI=1S/C24H28N4O5/c1-5-27(14-20(29)25-18-8-6-7-9-19(18)33-4)21(30)15-28-22(31)24(3,26-23(28)32)17-12-10-16(2)11-13-17/h6-13H,5,14-15H2,1-4H3,(H,25,29)(H,26,32)/t24-/m0/s1. The lowest BCUT2D eigenvalue weighted by molar-refractivity contribution is -0.140. The minimum atomic E-state index is -1.26. The number of hydrogen-bond acceptors (Lipinski definition) is 5. The maximum Gasteiger partial charge on any atom is 0.325 e. The van der Waals surface area contributed by atoms with Crippen molar-refractivity contribution in [2.45, 2.75) is 26.3 Å². The molecule has 0 aliphatic carbocycles. The van der Waals surface area contributed by atoms with Crippen LogP contribution in [0.1, 0.15) is 25.0 Å². The van der Waals surface area contributed by atoms with Crippen LogP contribution in [-0.2, 0) is 19.9 Å². The fraction of sp³-hybridized carbons (Fsp3) is 0.333. The number of aryl methyl sites for hydroxylation is 1. The highest BCUT2D eigenvalue weighted by atomic mass is 16.5. The number of likely N-dealkylation sites (N-methyl/N-ethyl adjacent to an activating group) is 1. The molecule has 0 saturated carbocycles. The van der Waals surface area contributed by atoms with Crippen molar-refractivity contribution in [1.82, 2.24) is 15.1 Å². The first-order chi connectivity index (χ1) is 15.7. The molecule has 0 radical (unpaired) electrons. The van der Waals surface area contributed by atoms with Gasteiger partial charge in [0.1, 0.15) is 17.8 Å². The van der Waals surface area contributed by atoms with E-state index in [2.05, 4.69) is 10.6 Å². The number of carbonyl (C=O) groups is 4. The molecule has 2 aromatic carbocycles. The summed E-state index contributed by atoms with van der Waals surface area (Å²) in [5.74, 6) is -0.949. The molecule has 1 aliphatic heterocycles. The summed E-state index contributed by atoms with van der Waals surface area (Å²) in [6.07, 6.45) is 0. The Hall–Kier alpha value is -3.88. The van der Waals surface area contributed by atoms with Gasteiger partial charge in [0.05, 0.1) is 19.3 Å². The first-order valence-electron chi connectivity index (χ1n) is 10.6. The van der Waals surface area contributed by atoms with Crippen molar-refractivity contribution >= 4 is 29.4 Å². The maximum absolute atomic E-state index is 13.1. The zero-order valence-electron chi connectivity index (χ0n) is 19.2. The van der Waals surface area contributed by atoms with Crippen molar-refractivity contribution in [3.63, 3.8) is 0 Å². The van der Waals surface area contributed by atoms with E-state index in [1.807, 2.05) is 19.1 Å². The molecule has 3 rings (SSSR count). The summed E-state index contributed by atoms with van der Waals surface area (Å²) >= 11 is 0. The SMILES string of the molecule is CCN(CC(=O)Nc1ccccc1OC)C(=O)CN1C(=O)N[C@@](C)(c2ccc(C)cc2)C1=O. The number of anilines is 1. The monoisotopic (exact) mass is 452 g/mol. The number of rotatable bonds is 8. The van der Waals surface area contributed by atoms with Crippen LogP contribution in [0.3, 0.4) is 0 Å². The van der Waals surface area contributed by atoms with E-state index in [-0.39, 0.29) is 13.1 Å². The van der Waals surface area contributed by atoms with E-state index in [9.17, 15) is 19.2 Å². The topological polar surface area (TPSA) is 108 Å². The van der Waals surface area contributed by atoms with Gasteiger partial charge in [-0.3, -0.25) is 19.3 Å².